The Morgan fingerprint density at radius 3 is 2.19 bits per heavy atom. The molecule has 2 aromatic carbocycles. The molecule has 11 nitrogen and oxygen atoms in total. The van der Waals surface area contributed by atoms with Crippen LogP contribution in [0.1, 0.15) is 27.6 Å². The minimum absolute atomic E-state index is 0.00121. The number of methoxy groups -OCH3 is 2. The van der Waals surface area contributed by atoms with Crippen LogP contribution in [-0.2, 0) is 4.74 Å². The molecule has 0 radical (unpaired) electrons. The van der Waals surface area contributed by atoms with Crippen LogP contribution in [0.2, 0.25) is 0 Å². The zero-order valence-corrected chi connectivity index (χ0v) is 17.2. The summed E-state index contributed by atoms with van der Waals surface area (Å²) < 4.78 is 15.6. The van der Waals surface area contributed by atoms with Gasteiger partial charge in [0.2, 0.25) is 5.78 Å². The van der Waals surface area contributed by atoms with E-state index in [1.165, 1.54) is 32.4 Å². The second-order valence-corrected chi connectivity index (χ2v) is 7.20. The van der Waals surface area contributed by atoms with Gasteiger partial charge in [-0.15, -0.1) is 0 Å². The van der Waals surface area contributed by atoms with Crippen molar-refractivity contribution in [3.05, 3.63) is 41.0 Å². The Kier molecular flexibility index (Phi) is 6.77. The number of ether oxygens (including phenoxy) is 3. The summed E-state index contributed by atoms with van der Waals surface area (Å²) in [5.74, 6) is -2.71. The Morgan fingerprint density at radius 2 is 1.59 bits per heavy atom. The van der Waals surface area contributed by atoms with E-state index in [0.29, 0.717) is 5.75 Å². The Hall–Kier alpha value is -3.09. The molecule has 7 N–H and O–H groups in total. The van der Waals surface area contributed by atoms with Gasteiger partial charge in [0.25, 0.3) is 0 Å². The van der Waals surface area contributed by atoms with Crippen molar-refractivity contribution in [1.29, 1.82) is 0 Å². The van der Waals surface area contributed by atoms with Gasteiger partial charge >= 0.3 is 0 Å². The molecule has 174 valence electrons. The molecule has 0 saturated carbocycles. The first-order valence-electron chi connectivity index (χ1n) is 9.51. The highest BCUT2D eigenvalue weighted by molar-refractivity contribution is 6.13. The average molecular weight is 452 g/mol. The second-order valence-electron chi connectivity index (χ2n) is 7.20. The van der Waals surface area contributed by atoms with Crippen molar-refractivity contribution in [3.8, 4) is 28.7 Å². The maximum Gasteiger partial charge on any atom is 0.200 e. The maximum absolute atomic E-state index is 13.1. The third-order valence-corrected chi connectivity index (χ3v) is 5.35. The standard InChI is InChI=1S/C21H24O11/c1-30-11-4-3-8(5-12(11)31-2)16(25)14-9(23)6-10(24)15(18(14)27)21-20(29)19(28)17(26)13(7-22)32-21/h3-6,13,17,19-24,26-29H,7H2,1-2H3/t13-,17-,19+,20-,21+/m1/s1. The van der Waals surface area contributed by atoms with Crippen LogP contribution < -0.4 is 9.47 Å². The number of carbonyl (C=O) groups is 1. The molecular formula is C21H24O11. The van der Waals surface area contributed by atoms with Gasteiger partial charge < -0.3 is 50.0 Å². The molecule has 0 aromatic heterocycles. The highest BCUT2D eigenvalue weighted by Crippen LogP contribution is 2.46. The minimum atomic E-state index is -1.84. The summed E-state index contributed by atoms with van der Waals surface area (Å²) in [5, 5.41) is 71.1. The number of hydrogen-bond acceptors (Lipinski definition) is 11. The predicted molar refractivity (Wildman–Crippen MR) is 107 cm³/mol. The van der Waals surface area contributed by atoms with Crippen LogP contribution in [0.15, 0.2) is 24.3 Å². The molecule has 5 atom stereocenters. The number of benzene rings is 2. The molecule has 32 heavy (non-hydrogen) atoms. The smallest absolute Gasteiger partial charge is 0.200 e. The summed E-state index contributed by atoms with van der Waals surface area (Å²) in [5.41, 5.74) is -1.12. The van der Waals surface area contributed by atoms with Crippen LogP contribution in [0.4, 0.5) is 0 Å². The van der Waals surface area contributed by atoms with E-state index in [9.17, 15) is 40.5 Å². The van der Waals surface area contributed by atoms with E-state index >= 15 is 0 Å². The normalized spacial score (nSPS) is 25.4. The molecule has 1 aliphatic rings. The number of aromatic hydroxyl groups is 3. The number of aliphatic hydroxyl groups is 4. The van der Waals surface area contributed by atoms with Crippen molar-refractivity contribution >= 4 is 5.78 Å². The molecule has 0 bridgehead atoms. The topological polar surface area (TPSA) is 186 Å². The van der Waals surface area contributed by atoms with Crippen LogP contribution in [0.25, 0.3) is 0 Å². The van der Waals surface area contributed by atoms with Crippen molar-refractivity contribution < 1.29 is 54.8 Å². The van der Waals surface area contributed by atoms with Gasteiger partial charge in [0.1, 0.15) is 53.3 Å². The summed E-state index contributed by atoms with van der Waals surface area (Å²) >= 11 is 0. The van der Waals surface area contributed by atoms with Crippen molar-refractivity contribution in [1.82, 2.24) is 0 Å². The lowest BCUT2D eigenvalue weighted by molar-refractivity contribution is -0.232. The average Bonchev–Trinajstić information content (AvgIpc) is 2.77. The van der Waals surface area contributed by atoms with E-state index in [4.69, 9.17) is 14.2 Å². The third kappa shape index (κ3) is 3.92. The van der Waals surface area contributed by atoms with Gasteiger partial charge in [-0.3, -0.25) is 4.79 Å². The Balaban J connectivity index is 2.10. The van der Waals surface area contributed by atoms with E-state index in [-0.39, 0.29) is 11.3 Å². The maximum atomic E-state index is 13.1. The van der Waals surface area contributed by atoms with Gasteiger partial charge in [0.15, 0.2) is 11.5 Å². The van der Waals surface area contributed by atoms with Crippen LogP contribution in [-0.4, -0.2) is 86.8 Å². The number of ketones is 1. The Labute approximate surface area is 182 Å². The van der Waals surface area contributed by atoms with Gasteiger partial charge in [0, 0.05) is 11.6 Å². The number of hydrogen-bond donors (Lipinski definition) is 7. The van der Waals surface area contributed by atoms with Gasteiger partial charge in [0.05, 0.1) is 26.4 Å². The highest BCUT2D eigenvalue weighted by atomic mass is 16.5. The molecule has 0 unspecified atom stereocenters. The summed E-state index contributed by atoms with van der Waals surface area (Å²) in [6.45, 7) is -0.738. The lowest BCUT2D eigenvalue weighted by atomic mass is 9.88. The van der Waals surface area contributed by atoms with Crippen molar-refractivity contribution in [3.63, 3.8) is 0 Å². The largest absolute Gasteiger partial charge is 0.507 e. The van der Waals surface area contributed by atoms with E-state index in [1.807, 2.05) is 0 Å². The van der Waals surface area contributed by atoms with Gasteiger partial charge in [-0.2, -0.15) is 0 Å². The lowest BCUT2D eigenvalue weighted by Gasteiger charge is -2.40. The van der Waals surface area contributed by atoms with E-state index in [2.05, 4.69) is 0 Å². The van der Waals surface area contributed by atoms with Gasteiger partial charge in [-0.25, -0.2) is 0 Å². The molecule has 1 aliphatic heterocycles. The molecule has 1 fully saturated rings. The first-order chi connectivity index (χ1) is 15.2. The minimum Gasteiger partial charge on any atom is -0.507 e. The van der Waals surface area contributed by atoms with E-state index < -0.39 is 71.3 Å². The zero-order valence-electron chi connectivity index (χ0n) is 17.2. The number of rotatable bonds is 6. The molecule has 1 saturated heterocycles. The van der Waals surface area contributed by atoms with Gasteiger partial charge in [-0.05, 0) is 18.2 Å². The fourth-order valence-electron chi connectivity index (χ4n) is 3.62. The summed E-state index contributed by atoms with van der Waals surface area (Å²) in [6.07, 6.45) is -8.25. The molecule has 0 aliphatic carbocycles. The number of carbonyl (C=O) groups excluding carboxylic acids is 1. The second kappa shape index (κ2) is 9.18. The monoisotopic (exact) mass is 452 g/mol. The van der Waals surface area contributed by atoms with E-state index in [1.54, 1.807) is 0 Å². The predicted octanol–water partition coefficient (Wildman–Crippen LogP) is -0.433. The molecule has 2 aromatic rings. The number of aliphatic hydroxyl groups excluding tert-OH is 4. The number of phenolic OH excluding ortho intramolecular Hbond substituents is 3. The quantitative estimate of drug-likeness (QED) is 0.282. The first kappa shape index (κ1) is 23.6. The Morgan fingerprint density at radius 1 is 0.938 bits per heavy atom. The number of phenols is 3. The summed E-state index contributed by atoms with van der Waals surface area (Å²) in [7, 11) is 2.77. The molecule has 3 rings (SSSR count). The van der Waals surface area contributed by atoms with Crippen LogP contribution in [0.3, 0.4) is 0 Å². The fourth-order valence-corrected chi connectivity index (χ4v) is 3.62. The highest BCUT2D eigenvalue weighted by Gasteiger charge is 2.46. The molecule has 0 spiro atoms. The Bertz CT molecular complexity index is 1000. The zero-order chi connectivity index (χ0) is 23.7. The molecule has 0 amide bonds. The molecular weight excluding hydrogens is 428 g/mol. The van der Waals surface area contributed by atoms with E-state index in [0.717, 1.165) is 6.07 Å². The molecule has 11 heteroatoms. The third-order valence-electron chi connectivity index (χ3n) is 5.35. The summed E-state index contributed by atoms with van der Waals surface area (Å²) in [6, 6.07) is 4.90. The lowest BCUT2D eigenvalue weighted by Crippen LogP contribution is -2.55. The van der Waals surface area contributed by atoms with Crippen molar-refractivity contribution in [2.45, 2.75) is 30.5 Å². The van der Waals surface area contributed by atoms with Crippen molar-refractivity contribution in [2.24, 2.45) is 0 Å². The van der Waals surface area contributed by atoms with Crippen LogP contribution in [0.5, 0.6) is 28.7 Å². The summed E-state index contributed by atoms with van der Waals surface area (Å²) in [4.78, 5) is 13.1. The SMILES string of the molecule is COc1ccc(C(=O)c2c(O)cc(O)c([C@@H]3O[C@H](CO)[C@@H](O)[C@H](O)[C@H]3O)c2O)cc1OC. The first-order valence-corrected chi connectivity index (χ1v) is 9.51. The van der Waals surface area contributed by atoms with Crippen molar-refractivity contribution in [2.75, 3.05) is 20.8 Å². The fraction of sp³-hybridized carbons (Fsp3) is 0.381. The van der Waals surface area contributed by atoms with Crippen LogP contribution in [0, 0.1) is 0 Å². The van der Waals surface area contributed by atoms with Gasteiger partial charge in [-0.1, -0.05) is 0 Å². The van der Waals surface area contributed by atoms with Crippen LogP contribution >= 0.6 is 0 Å². The molecule has 1 heterocycles.